The second-order valence-electron chi connectivity index (χ2n) is 4.59. The molecule has 6 heteroatoms. The molecule has 2 N–H and O–H groups in total. The molecule has 3 nitrogen and oxygen atoms in total. The average molecular weight is 295 g/mol. The van der Waals surface area contributed by atoms with Gasteiger partial charge in [0.25, 0.3) is 0 Å². The first-order valence-corrected chi connectivity index (χ1v) is 6.56. The third kappa shape index (κ3) is 3.87. The number of aromatic nitrogens is 1. The number of aryl methyl sites for hydroxylation is 1. The summed E-state index contributed by atoms with van der Waals surface area (Å²) in [6, 6.07) is 9.36. The van der Waals surface area contributed by atoms with Crippen molar-refractivity contribution in [3.63, 3.8) is 0 Å². The van der Waals surface area contributed by atoms with Crippen molar-refractivity contribution in [3.05, 3.63) is 47.5 Å². The number of hydrogen-bond donors (Lipinski definition) is 2. The van der Waals surface area contributed by atoms with Crippen LogP contribution in [0.3, 0.4) is 0 Å². The number of rotatable bonds is 4. The van der Waals surface area contributed by atoms with Gasteiger partial charge in [-0.3, -0.25) is 0 Å². The molecule has 1 aromatic carbocycles. The third-order valence-corrected chi connectivity index (χ3v) is 2.92. The summed E-state index contributed by atoms with van der Waals surface area (Å²) in [5.74, 6) is 0.360. The molecule has 21 heavy (non-hydrogen) atoms. The molecular formula is C15H16F3N3. The van der Waals surface area contributed by atoms with Gasteiger partial charge in [0.05, 0.1) is 5.56 Å². The number of nitrogens with one attached hydrogen (secondary N) is 2. The van der Waals surface area contributed by atoms with Gasteiger partial charge in [-0.05, 0) is 37.6 Å². The van der Waals surface area contributed by atoms with Crippen LogP contribution in [0.2, 0.25) is 0 Å². The molecule has 0 aliphatic carbocycles. The number of halogens is 3. The van der Waals surface area contributed by atoms with Crippen LogP contribution >= 0.6 is 0 Å². The number of nitrogens with zero attached hydrogens (tertiary/aromatic N) is 1. The molecule has 0 amide bonds. The molecule has 0 saturated carbocycles. The Kier molecular flexibility index (Phi) is 4.35. The van der Waals surface area contributed by atoms with Crippen molar-refractivity contribution in [3.8, 4) is 0 Å². The van der Waals surface area contributed by atoms with Crippen LogP contribution in [0.1, 0.15) is 18.1 Å². The molecule has 0 unspecified atom stereocenters. The predicted molar refractivity (Wildman–Crippen MR) is 77.9 cm³/mol. The predicted octanol–water partition coefficient (Wildman–Crippen LogP) is 4.58. The molecular weight excluding hydrogens is 279 g/mol. The van der Waals surface area contributed by atoms with Crippen LogP contribution in [0.5, 0.6) is 0 Å². The Bertz CT molecular complexity index is 624. The molecule has 1 aromatic heterocycles. The maximum absolute atomic E-state index is 12.9. The zero-order valence-corrected chi connectivity index (χ0v) is 11.8. The molecule has 0 aliphatic heterocycles. The van der Waals surface area contributed by atoms with E-state index in [-0.39, 0.29) is 11.6 Å². The molecule has 0 radical (unpaired) electrons. The van der Waals surface area contributed by atoms with Crippen LogP contribution in [0.25, 0.3) is 0 Å². The monoisotopic (exact) mass is 295 g/mol. The third-order valence-electron chi connectivity index (χ3n) is 2.92. The molecule has 0 aliphatic rings. The standard InChI is InChI=1S/C15H16F3N3/c1-3-19-13-8-11(15(16,17)18)9-14(21-13)20-12-7-5-4-6-10(12)2/h4-9H,3H2,1-2H3,(H2,19,20,21). The zero-order valence-electron chi connectivity index (χ0n) is 11.8. The van der Waals surface area contributed by atoms with Crippen molar-refractivity contribution in [2.75, 3.05) is 17.2 Å². The minimum absolute atomic E-state index is 0.162. The van der Waals surface area contributed by atoms with Gasteiger partial charge in [0.2, 0.25) is 0 Å². The van der Waals surface area contributed by atoms with Crippen molar-refractivity contribution >= 4 is 17.3 Å². The van der Waals surface area contributed by atoms with Gasteiger partial charge in [0.15, 0.2) is 0 Å². The van der Waals surface area contributed by atoms with E-state index < -0.39 is 11.7 Å². The first kappa shape index (κ1) is 15.2. The average Bonchev–Trinajstić information content (AvgIpc) is 2.41. The van der Waals surface area contributed by atoms with Crippen LogP contribution in [0, 0.1) is 6.92 Å². The highest BCUT2D eigenvalue weighted by atomic mass is 19.4. The van der Waals surface area contributed by atoms with E-state index in [1.54, 1.807) is 13.0 Å². The maximum Gasteiger partial charge on any atom is 0.416 e. The summed E-state index contributed by atoms with van der Waals surface area (Å²) in [5.41, 5.74) is 0.929. The summed E-state index contributed by atoms with van der Waals surface area (Å²) in [6.07, 6.45) is -4.41. The van der Waals surface area contributed by atoms with Crippen molar-refractivity contribution in [1.82, 2.24) is 4.98 Å². The number of para-hydroxylation sites is 1. The largest absolute Gasteiger partial charge is 0.416 e. The van der Waals surface area contributed by atoms with E-state index in [9.17, 15) is 13.2 Å². The van der Waals surface area contributed by atoms with Gasteiger partial charge in [-0.2, -0.15) is 13.2 Å². The molecule has 2 aromatic rings. The lowest BCUT2D eigenvalue weighted by Crippen LogP contribution is -2.09. The summed E-state index contributed by atoms with van der Waals surface area (Å²) in [4.78, 5) is 4.15. The molecule has 0 fully saturated rings. The fourth-order valence-electron chi connectivity index (χ4n) is 1.88. The maximum atomic E-state index is 12.9. The van der Waals surface area contributed by atoms with E-state index in [1.807, 2.05) is 25.1 Å². The van der Waals surface area contributed by atoms with E-state index >= 15 is 0 Å². The van der Waals surface area contributed by atoms with E-state index in [4.69, 9.17) is 0 Å². The van der Waals surface area contributed by atoms with Gasteiger partial charge in [-0.15, -0.1) is 0 Å². The summed E-state index contributed by atoms with van der Waals surface area (Å²) in [5, 5.41) is 5.74. The number of pyridine rings is 1. The first-order chi connectivity index (χ1) is 9.90. The fourth-order valence-corrected chi connectivity index (χ4v) is 1.88. The Hall–Kier alpha value is -2.24. The quantitative estimate of drug-likeness (QED) is 0.866. The summed E-state index contributed by atoms with van der Waals surface area (Å²) in [7, 11) is 0. The summed E-state index contributed by atoms with van der Waals surface area (Å²) in [6.45, 7) is 4.18. The van der Waals surface area contributed by atoms with Crippen molar-refractivity contribution in [2.24, 2.45) is 0 Å². The topological polar surface area (TPSA) is 37.0 Å². The minimum Gasteiger partial charge on any atom is -0.370 e. The van der Waals surface area contributed by atoms with Crippen molar-refractivity contribution in [2.45, 2.75) is 20.0 Å². The second-order valence-corrected chi connectivity index (χ2v) is 4.59. The number of hydrogen-bond acceptors (Lipinski definition) is 3. The van der Waals surface area contributed by atoms with Gasteiger partial charge < -0.3 is 10.6 Å². The molecule has 0 spiro atoms. The van der Waals surface area contributed by atoms with E-state index in [0.29, 0.717) is 6.54 Å². The molecule has 2 rings (SSSR count). The molecule has 1 heterocycles. The van der Waals surface area contributed by atoms with Gasteiger partial charge in [0, 0.05) is 12.2 Å². The molecule has 0 bridgehead atoms. The number of anilines is 3. The van der Waals surface area contributed by atoms with Gasteiger partial charge >= 0.3 is 6.18 Å². The molecule has 0 atom stereocenters. The Morgan fingerprint density at radius 3 is 2.38 bits per heavy atom. The fraction of sp³-hybridized carbons (Fsp3) is 0.267. The van der Waals surface area contributed by atoms with E-state index in [0.717, 1.165) is 23.4 Å². The number of alkyl halides is 3. The van der Waals surface area contributed by atoms with Crippen molar-refractivity contribution in [1.29, 1.82) is 0 Å². The smallest absolute Gasteiger partial charge is 0.370 e. The molecule has 0 saturated heterocycles. The lowest BCUT2D eigenvalue weighted by molar-refractivity contribution is -0.137. The van der Waals surface area contributed by atoms with Crippen LogP contribution in [0.15, 0.2) is 36.4 Å². The zero-order chi connectivity index (χ0) is 15.5. The van der Waals surface area contributed by atoms with Crippen molar-refractivity contribution < 1.29 is 13.2 Å². The normalized spacial score (nSPS) is 11.3. The Morgan fingerprint density at radius 2 is 1.76 bits per heavy atom. The van der Waals surface area contributed by atoms with Crippen LogP contribution in [-0.4, -0.2) is 11.5 Å². The minimum atomic E-state index is -4.41. The van der Waals surface area contributed by atoms with E-state index in [1.165, 1.54) is 0 Å². The lowest BCUT2D eigenvalue weighted by atomic mass is 10.2. The highest BCUT2D eigenvalue weighted by Crippen LogP contribution is 2.33. The highest BCUT2D eigenvalue weighted by Gasteiger charge is 2.31. The van der Waals surface area contributed by atoms with Gasteiger partial charge in [-0.1, -0.05) is 18.2 Å². The van der Waals surface area contributed by atoms with Crippen LogP contribution in [-0.2, 0) is 6.18 Å². The SMILES string of the molecule is CCNc1cc(C(F)(F)F)cc(Nc2ccccc2C)n1. The first-order valence-electron chi connectivity index (χ1n) is 6.56. The van der Waals surface area contributed by atoms with E-state index in [2.05, 4.69) is 15.6 Å². The van der Waals surface area contributed by atoms with Gasteiger partial charge in [-0.25, -0.2) is 4.98 Å². The Balaban J connectivity index is 2.38. The summed E-state index contributed by atoms with van der Waals surface area (Å²) >= 11 is 0. The van der Waals surface area contributed by atoms with Gasteiger partial charge in [0.1, 0.15) is 11.6 Å². The Labute approximate surface area is 121 Å². The highest BCUT2D eigenvalue weighted by molar-refractivity contribution is 5.62. The second kappa shape index (κ2) is 6.03. The van der Waals surface area contributed by atoms with Crippen LogP contribution in [0.4, 0.5) is 30.5 Å². The molecule has 112 valence electrons. The summed E-state index contributed by atoms with van der Waals surface area (Å²) < 4.78 is 38.8. The Morgan fingerprint density at radius 1 is 1.10 bits per heavy atom. The van der Waals surface area contributed by atoms with Crippen LogP contribution < -0.4 is 10.6 Å². The lowest BCUT2D eigenvalue weighted by Gasteiger charge is -2.14. The number of benzene rings is 1.